The molecule has 3 aromatic heterocycles. The third-order valence-corrected chi connectivity index (χ3v) is 8.84. The van der Waals surface area contributed by atoms with Crippen LogP contribution >= 0.6 is 0 Å². The lowest BCUT2D eigenvalue weighted by Crippen LogP contribution is -2.09. The quantitative estimate of drug-likeness (QED) is 0.214. The average Bonchev–Trinajstić information content (AvgIpc) is 3.76. The van der Waals surface area contributed by atoms with Crippen LogP contribution in [0.1, 0.15) is 0 Å². The van der Waals surface area contributed by atoms with Crippen molar-refractivity contribution in [2.24, 2.45) is 0 Å². The van der Waals surface area contributed by atoms with Crippen LogP contribution in [0, 0.1) is 0 Å². The summed E-state index contributed by atoms with van der Waals surface area (Å²) in [6, 6.07) is 48.3. The van der Waals surface area contributed by atoms with Gasteiger partial charge in [0.1, 0.15) is 33.5 Å². The summed E-state index contributed by atoms with van der Waals surface area (Å²) in [4.78, 5) is 2.26. The van der Waals surface area contributed by atoms with E-state index < -0.39 is 0 Å². The summed E-state index contributed by atoms with van der Waals surface area (Å²) in [6.07, 6.45) is 0. The van der Waals surface area contributed by atoms with Crippen molar-refractivity contribution in [3.05, 3.63) is 140 Å². The molecule has 0 bridgehead atoms. The van der Waals surface area contributed by atoms with Crippen molar-refractivity contribution in [3.63, 3.8) is 0 Å². The number of hydrogen-bond donors (Lipinski definition) is 0. The zero-order chi connectivity index (χ0) is 28.8. The molecular formula is C40H23NO3. The van der Waals surface area contributed by atoms with Crippen molar-refractivity contribution in [3.8, 4) is 0 Å². The van der Waals surface area contributed by atoms with E-state index in [0.717, 1.165) is 93.7 Å². The molecule has 0 aliphatic rings. The fraction of sp³-hybridized carbons (Fsp3) is 0. The van der Waals surface area contributed by atoms with Gasteiger partial charge in [-0.3, -0.25) is 0 Å². The summed E-state index contributed by atoms with van der Waals surface area (Å²) in [5, 5.41) is 8.69. The minimum Gasteiger partial charge on any atom is -0.456 e. The zero-order valence-electron chi connectivity index (χ0n) is 23.5. The molecule has 0 fully saturated rings. The topological polar surface area (TPSA) is 42.7 Å². The van der Waals surface area contributed by atoms with E-state index in [1.54, 1.807) is 0 Å². The first-order valence-electron chi connectivity index (χ1n) is 14.8. The van der Waals surface area contributed by atoms with E-state index in [1.165, 1.54) is 0 Å². The van der Waals surface area contributed by atoms with Crippen molar-refractivity contribution in [2.45, 2.75) is 0 Å². The Hall–Kier alpha value is -6.00. The SMILES string of the molecule is c1ccc(N(c2ccc3c(c2)oc2ccccc23)c2ccc3oc4ccc5c6ccc7ccccc7c6oc5c4c3c2)cc1. The summed E-state index contributed by atoms with van der Waals surface area (Å²) in [6.45, 7) is 0. The maximum atomic E-state index is 6.71. The molecule has 0 aliphatic heterocycles. The molecule has 0 saturated carbocycles. The molecule has 4 heteroatoms. The molecule has 0 unspecified atom stereocenters. The minimum atomic E-state index is 0.808. The van der Waals surface area contributed by atoms with Crippen molar-refractivity contribution >= 4 is 93.7 Å². The number of rotatable bonds is 3. The Labute approximate surface area is 250 Å². The van der Waals surface area contributed by atoms with E-state index in [0.29, 0.717) is 0 Å². The van der Waals surface area contributed by atoms with Gasteiger partial charge in [-0.15, -0.1) is 0 Å². The van der Waals surface area contributed by atoms with Gasteiger partial charge in [0.15, 0.2) is 0 Å². The van der Waals surface area contributed by atoms with Crippen LogP contribution in [0.4, 0.5) is 17.1 Å². The standard InChI is InChI=1S/C40H23NO3/c1-2-9-25(10-3-1)41(27-15-18-30-29-12-6-7-13-34(29)43-37(30)23-27)26-16-20-35-33(22-26)38-36(42-35)21-19-32-31-17-14-24-8-4-5-11-28(24)39(31)44-40(32)38/h1-23H. The Morgan fingerprint density at radius 1 is 0.341 bits per heavy atom. The minimum absolute atomic E-state index is 0.808. The second kappa shape index (κ2) is 8.76. The van der Waals surface area contributed by atoms with Crippen molar-refractivity contribution in [2.75, 3.05) is 4.90 Å². The molecule has 10 aromatic rings. The molecule has 0 amide bonds. The van der Waals surface area contributed by atoms with Crippen LogP contribution in [-0.2, 0) is 0 Å². The Balaban J connectivity index is 1.23. The predicted octanol–water partition coefficient (Wildman–Crippen LogP) is 12.0. The van der Waals surface area contributed by atoms with Gasteiger partial charge in [0.05, 0.1) is 5.39 Å². The molecule has 206 valence electrons. The van der Waals surface area contributed by atoms with Crippen LogP contribution in [0.3, 0.4) is 0 Å². The Kier molecular flexibility index (Phi) is 4.69. The van der Waals surface area contributed by atoms with Gasteiger partial charge in [0, 0.05) is 55.4 Å². The molecule has 0 aliphatic carbocycles. The highest BCUT2D eigenvalue weighted by Gasteiger charge is 2.20. The number of hydrogen-bond acceptors (Lipinski definition) is 4. The molecule has 4 nitrogen and oxygen atoms in total. The van der Waals surface area contributed by atoms with Gasteiger partial charge >= 0.3 is 0 Å². The van der Waals surface area contributed by atoms with Gasteiger partial charge < -0.3 is 18.2 Å². The number of fused-ring (bicyclic) bond motifs is 12. The summed E-state index contributed by atoms with van der Waals surface area (Å²) in [5.74, 6) is 0. The third kappa shape index (κ3) is 3.28. The number of benzene rings is 7. The summed E-state index contributed by atoms with van der Waals surface area (Å²) in [5.41, 5.74) is 8.20. The van der Waals surface area contributed by atoms with E-state index in [4.69, 9.17) is 13.3 Å². The van der Waals surface area contributed by atoms with Gasteiger partial charge in [-0.2, -0.15) is 0 Å². The Morgan fingerprint density at radius 3 is 1.91 bits per heavy atom. The van der Waals surface area contributed by atoms with E-state index in [-0.39, 0.29) is 0 Å². The first-order valence-corrected chi connectivity index (χ1v) is 14.8. The summed E-state index contributed by atoms with van der Waals surface area (Å²) >= 11 is 0. The normalized spacial score (nSPS) is 12.1. The number of nitrogens with zero attached hydrogens (tertiary/aromatic N) is 1. The maximum Gasteiger partial charge on any atom is 0.147 e. The first kappa shape index (κ1) is 23.6. The summed E-state index contributed by atoms with van der Waals surface area (Å²) < 4.78 is 19.4. The fourth-order valence-electron chi connectivity index (χ4n) is 6.83. The van der Waals surface area contributed by atoms with Gasteiger partial charge in [0.2, 0.25) is 0 Å². The number of para-hydroxylation sites is 2. The van der Waals surface area contributed by atoms with Crippen molar-refractivity contribution < 1.29 is 13.3 Å². The van der Waals surface area contributed by atoms with Crippen molar-refractivity contribution in [1.82, 2.24) is 0 Å². The van der Waals surface area contributed by atoms with Crippen LogP contribution in [0.25, 0.3) is 76.6 Å². The Bertz CT molecular complexity index is 2730. The summed E-state index contributed by atoms with van der Waals surface area (Å²) in [7, 11) is 0. The predicted molar refractivity (Wildman–Crippen MR) is 180 cm³/mol. The number of anilines is 3. The molecule has 0 saturated heterocycles. The lowest BCUT2D eigenvalue weighted by atomic mass is 10.0. The molecule has 10 rings (SSSR count). The second-order valence-corrected chi connectivity index (χ2v) is 11.3. The van der Waals surface area contributed by atoms with E-state index in [9.17, 15) is 0 Å². The van der Waals surface area contributed by atoms with E-state index in [2.05, 4.69) is 120 Å². The van der Waals surface area contributed by atoms with Crippen LogP contribution in [0.15, 0.2) is 153 Å². The van der Waals surface area contributed by atoms with E-state index >= 15 is 0 Å². The maximum absolute atomic E-state index is 6.71. The highest BCUT2D eigenvalue weighted by atomic mass is 16.3. The Morgan fingerprint density at radius 2 is 0.977 bits per heavy atom. The first-order chi connectivity index (χ1) is 21.8. The van der Waals surface area contributed by atoms with Gasteiger partial charge in [0.25, 0.3) is 0 Å². The molecular weight excluding hydrogens is 542 g/mol. The average molecular weight is 566 g/mol. The second-order valence-electron chi connectivity index (χ2n) is 11.3. The van der Waals surface area contributed by atoms with Gasteiger partial charge in [-0.1, -0.05) is 66.7 Å². The largest absolute Gasteiger partial charge is 0.456 e. The molecule has 0 spiro atoms. The molecule has 0 N–H and O–H groups in total. The van der Waals surface area contributed by atoms with Crippen LogP contribution in [-0.4, -0.2) is 0 Å². The highest BCUT2D eigenvalue weighted by molar-refractivity contribution is 6.25. The number of furan rings is 3. The lowest BCUT2D eigenvalue weighted by Gasteiger charge is -2.25. The van der Waals surface area contributed by atoms with Gasteiger partial charge in [-0.05, 0) is 72.1 Å². The fourth-order valence-corrected chi connectivity index (χ4v) is 6.83. The molecule has 44 heavy (non-hydrogen) atoms. The smallest absolute Gasteiger partial charge is 0.147 e. The van der Waals surface area contributed by atoms with Crippen LogP contribution < -0.4 is 4.90 Å². The van der Waals surface area contributed by atoms with E-state index in [1.807, 2.05) is 24.3 Å². The zero-order valence-corrected chi connectivity index (χ0v) is 23.5. The molecule has 0 radical (unpaired) electrons. The van der Waals surface area contributed by atoms with Crippen LogP contribution in [0.2, 0.25) is 0 Å². The van der Waals surface area contributed by atoms with Crippen molar-refractivity contribution in [1.29, 1.82) is 0 Å². The molecule has 0 atom stereocenters. The third-order valence-electron chi connectivity index (χ3n) is 8.84. The lowest BCUT2D eigenvalue weighted by molar-refractivity contribution is 0.664. The molecule has 7 aromatic carbocycles. The highest BCUT2D eigenvalue weighted by Crippen LogP contribution is 2.44. The monoisotopic (exact) mass is 565 g/mol. The van der Waals surface area contributed by atoms with Gasteiger partial charge in [-0.25, -0.2) is 0 Å². The van der Waals surface area contributed by atoms with Crippen LogP contribution in [0.5, 0.6) is 0 Å². The molecule has 3 heterocycles.